The number of allylic oxidation sites excluding steroid dienone is 1. The fourth-order valence-corrected chi connectivity index (χ4v) is 2.77. The van der Waals surface area contributed by atoms with Gasteiger partial charge in [0, 0.05) is 6.42 Å². The third-order valence-electron chi connectivity index (χ3n) is 3.31. The van der Waals surface area contributed by atoms with E-state index in [0.717, 1.165) is 5.92 Å². The fourth-order valence-electron chi connectivity index (χ4n) is 2.77. The Hall–Kier alpha value is -0.460. The summed E-state index contributed by atoms with van der Waals surface area (Å²) >= 11 is 0. The lowest BCUT2D eigenvalue weighted by molar-refractivity contribution is 0.303. The topological polar surface area (TPSA) is 12.5 Å². The number of epoxide rings is 1. The van der Waals surface area contributed by atoms with Crippen LogP contribution in [0.2, 0.25) is 0 Å². The summed E-state index contributed by atoms with van der Waals surface area (Å²) < 4.78 is 5.61. The van der Waals surface area contributed by atoms with E-state index in [1.54, 1.807) is 5.57 Å². The van der Waals surface area contributed by atoms with Gasteiger partial charge < -0.3 is 4.74 Å². The third kappa shape index (κ3) is 0.370. The van der Waals surface area contributed by atoms with Crippen molar-refractivity contribution in [2.75, 3.05) is 0 Å². The zero-order chi connectivity index (χ0) is 6.77. The Balaban J connectivity index is 2.10. The maximum absolute atomic E-state index is 5.61. The maximum Gasteiger partial charge on any atom is 0.166 e. The minimum Gasteiger partial charge on any atom is -0.479 e. The molecule has 0 aromatic heterocycles. The Labute approximate surface area is 61.1 Å². The minimum absolute atomic E-state index is 0.329. The SMILES string of the molecule is CCC1=C2OC23CCC1C3. The van der Waals surface area contributed by atoms with Crippen LogP contribution in [-0.2, 0) is 4.74 Å². The fraction of sp³-hybridized carbons (Fsp3) is 0.778. The molecule has 0 aromatic rings. The number of rotatable bonds is 1. The zero-order valence-corrected chi connectivity index (χ0v) is 6.31. The van der Waals surface area contributed by atoms with Gasteiger partial charge in [0.05, 0.1) is 0 Å². The van der Waals surface area contributed by atoms with Crippen LogP contribution in [0, 0.1) is 5.92 Å². The highest BCUT2D eigenvalue weighted by Crippen LogP contribution is 2.65. The molecule has 0 N–H and O–H groups in total. The highest BCUT2D eigenvalue weighted by molar-refractivity contribution is 5.42. The van der Waals surface area contributed by atoms with Crippen molar-refractivity contribution in [2.45, 2.75) is 38.2 Å². The van der Waals surface area contributed by atoms with Crippen molar-refractivity contribution in [1.82, 2.24) is 0 Å². The molecule has 2 fully saturated rings. The smallest absolute Gasteiger partial charge is 0.166 e. The second kappa shape index (κ2) is 1.27. The van der Waals surface area contributed by atoms with E-state index in [2.05, 4.69) is 6.92 Å². The van der Waals surface area contributed by atoms with Gasteiger partial charge in [0.1, 0.15) is 5.76 Å². The van der Waals surface area contributed by atoms with E-state index in [9.17, 15) is 0 Å². The van der Waals surface area contributed by atoms with Crippen molar-refractivity contribution in [3.8, 4) is 0 Å². The maximum atomic E-state index is 5.61. The Morgan fingerprint density at radius 2 is 2.60 bits per heavy atom. The summed E-state index contributed by atoms with van der Waals surface area (Å²) in [4.78, 5) is 0. The van der Waals surface area contributed by atoms with Crippen molar-refractivity contribution >= 4 is 0 Å². The van der Waals surface area contributed by atoms with Gasteiger partial charge in [0.25, 0.3) is 0 Å². The highest BCUT2D eigenvalue weighted by atomic mass is 16.6. The van der Waals surface area contributed by atoms with E-state index < -0.39 is 0 Å². The van der Waals surface area contributed by atoms with E-state index in [4.69, 9.17) is 4.74 Å². The molecule has 3 aliphatic rings. The van der Waals surface area contributed by atoms with Gasteiger partial charge in [-0.05, 0) is 30.8 Å². The molecule has 0 aromatic carbocycles. The number of fused-ring (bicyclic) bond motifs is 1. The van der Waals surface area contributed by atoms with Gasteiger partial charge in [-0.3, -0.25) is 0 Å². The predicted octanol–water partition coefficient (Wildman–Crippen LogP) is 2.23. The second-order valence-corrected chi connectivity index (χ2v) is 3.74. The van der Waals surface area contributed by atoms with Gasteiger partial charge >= 0.3 is 0 Å². The molecule has 2 unspecified atom stereocenters. The number of hydrogen-bond acceptors (Lipinski definition) is 1. The summed E-state index contributed by atoms with van der Waals surface area (Å²) in [5.41, 5.74) is 1.97. The Morgan fingerprint density at radius 1 is 1.70 bits per heavy atom. The lowest BCUT2D eigenvalue weighted by atomic mass is 9.97. The molecule has 1 saturated carbocycles. The molecule has 2 bridgehead atoms. The molecule has 0 amide bonds. The minimum atomic E-state index is 0.329. The van der Waals surface area contributed by atoms with Gasteiger partial charge in [-0.2, -0.15) is 0 Å². The van der Waals surface area contributed by atoms with E-state index in [1.165, 1.54) is 31.4 Å². The summed E-state index contributed by atoms with van der Waals surface area (Å²) in [6.45, 7) is 2.25. The molecular weight excluding hydrogens is 124 g/mol. The third-order valence-corrected chi connectivity index (χ3v) is 3.31. The number of hydrogen-bond donors (Lipinski definition) is 0. The average molecular weight is 136 g/mol. The van der Waals surface area contributed by atoms with Gasteiger partial charge in [0.15, 0.2) is 5.60 Å². The quantitative estimate of drug-likeness (QED) is 0.503. The monoisotopic (exact) mass is 136 g/mol. The van der Waals surface area contributed by atoms with Crippen molar-refractivity contribution in [2.24, 2.45) is 5.92 Å². The highest BCUT2D eigenvalue weighted by Gasteiger charge is 2.64. The van der Waals surface area contributed by atoms with E-state index in [1.807, 2.05) is 0 Å². The van der Waals surface area contributed by atoms with Gasteiger partial charge in [-0.1, -0.05) is 6.92 Å². The first-order valence-electron chi connectivity index (χ1n) is 4.28. The van der Waals surface area contributed by atoms with Crippen LogP contribution in [-0.4, -0.2) is 5.60 Å². The summed E-state index contributed by atoms with van der Waals surface area (Å²) in [7, 11) is 0. The molecule has 1 saturated heterocycles. The van der Waals surface area contributed by atoms with Crippen LogP contribution in [0.15, 0.2) is 11.3 Å². The molecule has 1 heterocycles. The molecule has 1 nitrogen and oxygen atoms in total. The number of ether oxygens (including phenoxy) is 1. The van der Waals surface area contributed by atoms with Crippen molar-refractivity contribution in [3.63, 3.8) is 0 Å². The van der Waals surface area contributed by atoms with Crippen molar-refractivity contribution in [3.05, 3.63) is 11.3 Å². The second-order valence-electron chi connectivity index (χ2n) is 3.74. The first-order chi connectivity index (χ1) is 4.86. The molecule has 54 valence electrons. The van der Waals surface area contributed by atoms with Crippen molar-refractivity contribution in [1.29, 1.82) is 0 Å². The molecule has 1 heteroatoms. The first kappa shape index (κ1) is 5.22. The molecule has 10 heavy (non-hydrogen) atoms. The normalized spacial score (nSPS) is 47.5. The van der Waals surface area contributed by atoms with E-state index >= 15 is 0 Å². The van der Waals surface area contributed by atoms with Gasteiger partial charge in [0.2, 0.25) is 0 Å². The van der Waals surface area contributed by atoms with Crippen LogP contribution in [0.3, 0.4) is 0 Å². The molecular formula is C9H12O. The van der Waals surface area contributed by atoms with Crippen LogP contribution in [0.25, 0.3) is 0 Å². The standard InChI is InChI=1S/C9H12O/c1-2-7-6-3-4-9(5-6)8(7)10-9/h6H,2-5H2,1H3. The molecule has 2 atom stereocenters. The lowest BCUT2D eigenvalue weighted by Crippen LogP contribution is -1.98. The van der Waals surface area contributed by atoms with Crippen LogP contribution in [0.4, 0.5) is 0 Å². The zero-order valence-electron chi connectivity index (χ0n) is 6.31. The molecule has 2 aliphatic carbocycles. The Morgan fingerprint density at radius 3 is 3.10 bits per heavy atom. The van der Waals surface area contributed by atoms with Crippen LogP contribution < -0.4 is 0 Å². The Kier molecular flexibility index (Phi) is 0.664. The van der Waals surface area contributed by atoms with E-state index in [0.29, 0.717) is 5.60 Å². The predicted molar refractivity (Wildman–Crippen MR) is 38.5 cm³/mol. The summed E-state index contributed by atoms with van der Waals surface area (Å²) in [5.74, 6) is 2.32. The molecule has 3 rings (SSSR count). The summed E-state index contributed by atoms with van der Waals surface area (Å²) in [6.07, 6.45) is 5.26. The Bertz CT molecular complexity index is 229. The molecule has 1 aliphatic heterocycles. The largest absolute Gasteiger partial charge is 0.479 e. The summed E-state index contributed by atoms with van der Waals surface area (Å²) in [6, 6.07) is 0. The average Bonchev–Trinajstić information content (AvgIpc) is 2.36. The van der Waals surface area contributed by atoms with E-state index in [-0.39, 0.29) is 0 Å². The summed E-state index contributed by atoms with van der Waals surface area (Å²) in [5, 5.41) is 0. The van der Waals surface area contributed by atoms with Crippen LogP contribution in [0.1, 0.15) is 32.6 Å². The van der Waals surface area contributed by atoms with Gasteiger partial charge in [-0.25, -0.2) is 0 Å². The first-order valence-corrected chi connectivity index (χ1v) is 4.28. The van der Waals surface area contributed by atoms with Gasteiger partial charge in [-0.15, -0.1) is 0 Å². The molecule has 1 spiro atoms. The van der Waals surface area contributed by atoms with Crippen molar-refractivity contribution < 1.29 is 4.74 Å². The van der Waals surface area contributed by atoms with Crippen LogP contribution in [0.5, 0.6) is 0 Å². The van der Waals surface area contributed by atoms with Crippen LogP contribution >= 0.6 is 0 Å². The molecule has 0 radical (unpaired) electrons. The lowest BCUT2D eigenvalue weighted by Gasteiger charge is -2.07.